The van der Waals surface area contributed by atoms with E-state index in [2.05, 4.69) is 41.9 Å². The molecule has 0 saturated heterocycles. The Morgan fingerprint density at radius 3 is 2.78 bits per heavy atom. The van der Waals surface area contributed by atoms with Crippen LogP contribution in [0.3, 0.4) is 0 Å². The van der Waals surface area contributed by atoms with Gasteiger partial charge in [-0.15, -0.1) is 0 Å². The van der Waals surface area contributed by atoms with Crippen molar-refractivity contribution in [3.05, 3.63) is 53.5 Å². The molecule has 1 aromatic rings. The number of nitriles is 1. The van der Waals surface area contributed by atoms with Crippen LogP contribution in [0, 0.1) is 18.3 Å². The molecule has 0 spiro atoms. The molecular formula is C18H21N5. The summed E-state index contributed by atoms with van der Waals surface area (Å²) in [5.41, 5.74) is 4.88. The van der Waals surface area contributed by atoms with Crippen LogP contribution in [-0.2, 0) is 0 Å². The third-order valence-electron chi connectivity index (χ3n) is 3.35. The third-order valence-corrected chi connectivity index (χ3v) is 3.35. The Kier molecular flexibility index (Phi) is 4.97. The molecule has 1 N–H and O–H groups in total. The Balaban J connectivity index is 2.37. The second-order valence-electron chi connectivity index (χ2n) is 5.62. The lowest BCUT2D eigenvalue weighted by Gasteiger charge is -2.25. The van der Waals surface area contributed by atoms with Crippen LogP contribution in [0.2, 0.25) is 0 Å². The van der Waals surface area contributed by atoms with E-state index in [-0.39, 0.29) is 0 Å². The fourth-order valence-electron chi connectivity index (χ4n) is 2.26. The molecule has 23 heavy (non-hydrogen) atoms. The van der Waals surface area contributed by atoms with Gasteiger partial charge in [-0.1, -0.05) is 12.7 Å². The molecule has 2 heterocycles. The summed E-state index contributed by atoms with van der Waals surface area (Å²) < 4.78 is 0. The normalized spacial score (nSPS) is 14.8. The first-order chi connectivity index (χ1) is 11.0. The predicted octanol–water partition coefficient (Wildman–Crippen LogP) is 3.84. The van der Waals surface area contributed by atoms with Gasteiger partial charge in [-0.3, -0.25) is 4.98 Å². The van der Waals surface area contributed by atoms with Crippen LogP contribution in [0.15, 0.2) is 47.4 Å². The van der Waals surface area contributed by atoms with Crippen LogP contribution in [0.5, 0.6) is 0 Å². The van der Waals surface area contributed by atoms with Crippen molar-refractivity contribution in [3.8, 4) is 6.07 Å². The molecule has 0 unspecified atom stereocenters. The SMILES string of the molecule is C=C1C=C(C#N)C=NN1/C(=C\C)c1cc(NC(C)C)c(C)cn1. The van der Waals surface area contributed by atoms with E-state index in [0.29, 0.717) is 17.3 Å². The van der Waals surface area contributed by atoms with E-state index in [4.69, 9.17) is 5.26 Å². The van der Waals surface area contributed by atoms with E-state index < -0.39 is 0 Å². The summed E-state index contributed by atoms with van der Waals surface area (Å²) in [5, 5.41) is 18.4. The van der Waals surface area contributed by atoms with Gasteiger partial charge >= 0.3 is 0 Å². The van der Waals surface area contributed by atoms with Crippen LogP contribution >= 0.6 is 0 Å². The first kappa shape index (κ1) is 16.5. The smallest absolute Gasteiger partial charge is 0.101 e. The standard InChI is InChI=1S/C18H21N5/c1-6-18(23-14(5)7-15(9-19)11-21-23)17-8-16(22-12(2)3)13(4)10-20-17/h6-8,10-12H,5H2,1-4H3,(H,20,22)/b18-6-. The van der Waals surface area contributed by atoms with Crippen LogP contribution in [0.25, 0.3) is 5.70 Å². The first-order valence-electron chi connectivity index (χ1n) is 7.51. The summed E-state index contributed by atoms with van der Waals surface area (Å²) in [7, 11) is 0. The van der Waals surface area contributed by atoms with Crippen LogP contribution in [0.4, 0.5) is 5.69 Å². The Bertz CT molecular complexity index is 747. The first-order valence-corrected chi connectivity index (χ1v) is 7.51. The molecule has 1 aliphatic rings. The van der Waals surface area contributed by atoms with Crippen molar-refractivity contribution in [2.45, 2.75) is 33.7 Å². The van der Waals surface area contributed by atoms with Gasteiger partial charge in [0.05, 0.1) is 28.9 Å². The van der Waals surface area contributed by atoms with Gasteiger partial charge in [-0.05, 0) is 45.4 Å². The molecule has 0 aliphatic carbocycles. The number of anilines is 1. The highest BCUT2D eigenvalue weighted by Gasteiger charge is 2.18. The van der Waals surface area contributed by atoms with Crippen molar-refractivity contribution in [2.24, 2.45) is 5.10 Å². The topological polar surface area (TPSA) is 64.3 Å². The fraction of sp³-hybridized carbons (Fsp3) is 0.278. The van der Waals surface area contributed by atoms with Crippen molar-refractivity contribution in [1.82, 2.24) is 9.99 Å². The average Bonchev–Trinajstić information content (AvgIpc) is 2.52. The number of rotatable bonds is 4. The number of pyridine rings is 1. The van der Waals surface area contributed by atoms with Crippen molar-refractivity contribution < 1.29 is 0 Å². The van der Waals surface area contributed by atoms with Gasteiger partial charge in [-0.25, -0.2) is 5.01 Å². The lowest BCUT2D eigenvalue weighted by molar-refractivity contribution is 0.537. The largest absolute Gasteiger partial charge is 0.383 e. The minimum absolute atomic E-state index is 0.335. The molecule has 5 nitrogen and oxygen atoms in total. The predicted molar refractivity (Wildman–Crippen MR) is 94.6 cm³/mol. The van der Waals surface area contributed by atoms with Gasteiger partial charge in [0, 0.05) is 17.9 Å². The minimum atomic E-state index is 0.335. The number of aryl methyl sites for hydroxylation is 1. The van der Waals surface area contributed by atoms with Gasteiger partial charge in [-0.2, -0.15) is 10.4 Å². The number of hydrogen-bond donors (Lipinski definition) is 1. The number of aromatic nitrogens is 1. The maximum Gasteiger partial charge on any atom is 0.101 e. The molecule has 0 amide bonds. The molecule has 2 rings (SSSR count). The van der Waals surface area contributed by atoms with Crippen molar-refractivity contribution >= 4 is 17.6 Å². The summed E-state index contributed by atoms with van der Waals surface area (Å²) in [6.07, 6.45) is 7.01. The fourth-order valence-corrected chi connectivity index (χ4v) is 2.26. The van der Waals surface area contributed by atoms with Gasteiger partial charge in [0.25, 0.3) is 0 Å². The van der Waals surface area contributed by atoms with E-state index in [1.54, 1.807) is 11.1 Å². The zero-order valence-corrected chi connectivity index (χ0v) is 14.0. The molecule has 1 aromatic heterocycles. The molecule has 5 heteroatoms. The lowest BCUT2D eigenvalue weighted by atomic mass is 10.1. The highest BCUT2D eigenvalue weighted by atomic mass is 15.5. The highest BCUT2D eigenvalue weighted by molar-refractivity contribution is 5.86. The number of nitrogens with zero attached hydrogens (tertiary/aromatic N) is 4. The second kappa shape index (κ2) is 6.93. The number of nitrogens with one attached hydrogen (secondary N) is 1. The summed E-state index contributed by atoms with van der Waals surface area (Å²) in [4.78, 5) is 4.52. The average molecular weight is 307 g/mol. The summed E-state index contributed by atoms with van der Waals surface area (Å²) in [6.45, 7) is 12.1. The van der Waals surface area contributed by atoms with Crippen LogP contribution < -0.4 is 5.32 Å². The summed E-state index contributed by atoms with van der Waals surface area (Å²) >= 11 is 0. The monoisotopic (exact) mass is 307 g/mol. The van der Waals surface area contributed by atoms with Crippen molar-refractivity contribution in [1.29, 1.82) is 5.26 Å². The molecule has 0 fully saturated rings. The maximum atomic E-state index is 8.95. The summed E-state index contributed by atoms with van der Waals surface area (Å²) in [6, 6.07) is 4.42. The zero-order valence-electron chi connectivity index (χ0n) is 14.0. The molecular weight excluding hydrogens is 286 g/mol. The molecule has 0 radical (unpaired) electrons. The van der Waals surface area contributed by atoms with E-state index in [0.717, 1.165) is 22.6 Å². The highest BCUT2D eigenvalue weighted by Crippen LogP contribution is 2.28. The second-order valence-corrected chi connectivity index (χ2v) is 5.62. The maximum absolute atomic E-state index is 8.95. The van der Waals surface area contributed by atoms with Crippen LogP contribution in [-0.4, -0.2) is 22.2 Å². The Morgan fingerprint density at radius 1 is 1.48 bits per heavy atom. The summed E-state index contributed by atoms with van der Waals surface area (Å²) in [5.74, 6) is 0. The third kappa shape index (κ3) is 3.67. The molecule has 0 aromatic carbocycles. The zero-order chi connectivity index (χ0) is 17.0. The molecule has 0 bridgehead atoms. The Labute approximate surface area is 137 Å². The minimum Gasteiger partial charge on any atom is -0.383 e. The molecule has 1 aliphatic heterocycles. The van der Waals surface area contributed by atoms with Crippen molar-refractivity contribution in [3.63, 3.8) is 0 Å². The van der Waals surface area contributed by atoms with Gasteiger partial charge in [0.15, 0.2) is 0 Å². The van der Waals surface area contributed by atoms with E-state index in [9.17, 15) is 0 Å². The van der Waals surface area contributed by atoms with Crippen molar-refractivity contribution in [2.75, 3.05) is 5.32 Å². The number of hydrogen-bond acceptors (Lipinski definition) is 5. The van der Waals surface area contributed by atoms with Crippen LogP contribution in [0.1, 0.15) is 32.0 Å². The van der Waals surface area contributed by atoms with E-state index >= 15 is 0 Å². The molecule has 118 valence electrons. The lowest BCUT2D eigenvalue weighted by Crippen LogP contribution is -2.18. The van der Waals surface area contributed by atoms with E-state index in [1.165, 1.54) is 6.21 Å². The number of allylic oxidation sites excluding steroid dienone is 3. The Morgan fingerprint density at radius 2 is 2.22 bits per heavy atom. The number of hydrazone groups is 1. The molecule has 0 saturated carbocycles. The molecule has 0 atom stereocenters. The van der Waals surface area contributed by atoms with Gasteiger partial charge in [0.1, 0.15) is 6.07 Å². The van der Waals surface area contributed by atoms with Gasteiger partial charge in [0.2, 0.25) is 0 Å². The van der Waals surface area contributed by atoms with E-state index in [1.807, 2.05) is 32.2 Å². The Hall–Kier alpha value is -2.87. The van der Waals surface area contributed by atoms with Gasteiger partial charge < -0.3 is 5.32 Å². The quantitative estimate of drug-likeness (QED) is 0.918.